The van der Waals surface area contributed by atoms with Crippen LogP contribution >= 0.6 is 24.0 Å². The Kier molecular flexibility index (Phi) is 13.4. The summed E-state index contributed by atoms with van der Waals surface area (Å²) in [6, 6.07) is 6.27. The van der Waals surface area contributed by atoms with E-state index in [1.165, 1.54) is 10.4 Å². The predicted octanol–water partition coefficient (Wildman–Crippen LogP) is 2.44. The van der Waals surface area contributed by atoms with Gasteiger partial charge in [0, 0.05) is 26.7 Å². The summed E-state index contributed by atoms with van der Waals surface area (Å²) < 4.78 is 44.0. The molecule has 0 heterocycles. The second-order valence-corrected chi connectivity index (χ2v) is 8.45. The molecule has 0 bridgehead atoms. The number of ether oxygens (including phenoxy) is 1. The van der Waals surface area contributed by atoms with Gasteiger partial charge in [-0.1, -0.05) is 12.1 Å². The molecule has 0 aliphatic carbocycles. The fraction of sp³-hybridized carbons (Fsp3) is 0.611. The van der Waals surface area contributed by atoms with Crippen LogP contribution in [0.25, 0.3) is 0 Å². The fourth-order valence-corrected chi connectivity index (χ4v) is 3.07. The molecule has 0 amide bonds. The predicted molar refractivity (Wildman–Crippen MR) is 123 cm³/mol. The maximum atomic E-state index is 13.6. The molecule has 0 aliphatic heterocycles. The lowest BCUT2D eigenvalue weighted by Gasteiger charge is -2.17. The topological polar surface area (TPSA) is 83.0 Å². The monoisotopic (exact) mass is 530 g/mol. The average Bonchev–Trinajstić information content (AvgIpc) is 2.64. The molecule has 0 saturated heterocycles. The van der Waals surface area contributed by atoms with E-state index in [1.807, 2.05) is 13.8 Å². The van der Waals surface area contributed by atoms with Gasteiger partial charge in [-0.2, -0.15) is 0 Å². The molecule has 10 heteroatoms. The van der Waals surface area contributed by atoms with Crippen molar-refractivity contribution in [1.29, 1.82) is 0 Å². The average molecular weight is 530 g/mol. The standard InChI is InChI=1S/C18H31FN4O3S.HI/c1-5-20-18(21-12-9-13-23(4)27(24,25)6-2)22-14-15(3)26-17-11-8-7-10-16(17)19;/h7-8,10-11,15H,5-6,9,12-14H2,1-4H3,(H2,20,21,22);1H. The highest BCUT2D eigenvalue weighted by Gasteiger charge is 2.14. The Morgan fingerprint density at radius 3 is 2.57 bits per heavy atom. The van der Waals surface area contributed by atoms with Crippen LogP contribution in [-0.4, -0.2) is 63.8 Å². The van der Waals surface area contributed by atoms with Crippen LogP contribution in [0, 0.1) is 5.82 Å². The number of sulfonamides is 1. The molecular weight excluding hydrogens is 498 g/mol. The van der Waals surface area contributed by atoms with Gasteiger partial charge < -0.3 is 15.4 Å². The zero-order chi connectivity index (χ0) is 20.3. The Bertz CT molecular complexity index is 704. The number of para-hydroxylation sites is 1. The van der Waals surface area contributed by atoms with Gasteiger partial charge in [-0.15, -0.1) is 24.0 Å². The molecule has 7 nitrogen and oxygen atoms in total. The van der Waals surface area contributed by atoms with Gasteiger partial charge in [-0.3, -0.25) is 0 Å². The van der Waals surface area contributed by atoms with Gasteiger partial charge in [0.2, 0.25) is 10.0 Å². The Balaban J connectivity index is 0.00000729. The lowest BCUT2D eigenvalue weighted by atomic mass is 10.3. The van der Waals surface area contributed by atoms with E-state index in [4.69, 9.17) is 4.74 Å². The van der Waals surface area contributed by atoms with E-state index in [2.05, 4.69) is 15.6 Å². The minimum Gasteiger partial charge on any atom is -0.486 e. The Morgan fingerprint density at radius 2 is 1.96 bits per heavy atom. The fourth-order valence-electron chi connectivity index (χ4n) is 2.22. The second-order valence-electron chi connectivity index (χ2n) is 6.08. The zero-order valence-corrected chi connectivity index (χ0v) is 20.1. The summed E-state index contributed by atoms with van der Waals surface area (Å²) >= 11 is 0. The first-order valence-electron chi connectivity index (χ1n) is 9.17. The van der Waals surface area contributed by atoms with Crippen LogP contribution in [0.15, 0.2) is 29.3 Å². The summed E-state index contributed by atoms with van der Waals surface area (Å²) in [5.74, 6) is 0.520. The molecule has 1 unspecified atom stereocenters. The molecule has 1 aromatic carbocycles. The van der Waals surface area contributed by atoms with Gasteiger partial charge in [-0.05, 0) is 39.3 Å². The van der Waals surface area contributed by atoms with Crippen molar-refractivity contribution in [3.8, 4) is 5.75 Å². The maximum Gasteiger partial charge on any atom is 0.213 e. The largest absolute Gasteiger partial charge is 0.486 e. The maximum absolute atomic E-state index is 13.6. The zero-order valence-electron chi connectivity index (χ0n) is 16.9. The molecule has 0 aliphatic rings. The number of halogens is 2. The highest BCUT2D eigenvalue weighted by atomic mass is 127. The summed E-state index contributed by atoms with van der Waals surface area (Å²) in [6.45, 7) is 7.48. The van der Waals surface area contributed by atoms with E-state index in [9.17, 15) is 12.8 Å². The van der Waals surface area contributed by atoms with Crippen LogP contribution < -0.4 is 15.4 Å². The van der Waals surface area contributed by atoms with E-state index >= 15 is 0 Å². The third-order valence-electron chi connectivity index (χ3n) is 3.80. The first-order valence-corrected chi connectivity index (χ1v) is 10.8. The van der Waals surface area contributed by atoms with Crippen LogP contribution in [-0.2, 0) is 10.0 Å². The van der Waals surface area contributed by atoms with E-state index < -0.39 is 15.8 Å². The van der Waals surface area contributed by atoms with Crippen LogP contribution in [0.4, 0.5) is 4.39 Å². The number of benzene rings is 1. The molecule has 1 rings (SSSR count). The van der Waals surface area contributed by atoms with Crippen molar-refractivity contribution in [1.82, 2.24) is 14.9 Å². The van der Waals surface area contributed by atoms with E-state index in [0.717, 1.165) is 0 Å². The number of nitrogens with one attached hydrogen (secondary N) is 2. The van der Waals surface area contributed by atoms with Crippen molar-refractivity contribution in [3.63, 3.8) is 0 Å². The summed E-state index contributed by atoms with van der Waals surface area (Å²) in [5, 5.41) is 6.28. The number of aliphatic imine (C=N–C) groups is 1. The van der Waals surface area contributed by atoms with Crippen LogP contribution in [0.2, 0.25) is 0 Å². The first kappa shape index (κ1) is 26.9. The van der Waals surface area contributed by atoms with Crippen molar-refractivity contribution in [3.05, 3.63) is 30.1 Å². The minimum absolute atomic E-state index is 0. The molecule has 0 spiro atoms. The molecule has 1 atom stereocenters. The van der Waals surface area contributed by atoms with E-state index in [1.54, 1.807) is 32.2 Å². The summed E-state index contributed by atoms with van der Waals surface area (Å²) in [7, 11) is -1.57. The smallest absolute Gasteiger partial charge is 0.213 e. The third-order valence-corrected chi connectivity index (χ3v) is 5.66. The molecule has 1 aromatic rings. The number of nitrogens with zero attached hydrogens (tertiary/aromatic N) is 2. The Morgan fingerprint density at radius 1 is 1.29 bits per heavy atom. The number of guanidine groups is 1. The molecule has 0 saturated carbocycles. The van der Waals surface area contributed by atoms with Gasteiger partial charge in [0.15, 0.2) is 17.5 Å². The molecule has 28 heavy (non-hydrogen) atoms. The Hall–Kier alpha value is -1.14. The van der Waals surface area contributed by atoms with Gasteiger partial charge in [0.05, 0.1) is 12.3 Å². The minimum atomic E-state index is -3.15. The quantitative estimate of drug-likeness (QED) is 0.199. The number of hydrogen-bond acceptors (Lipinski definition) is 4. The van der Waals surface area contributed by atoms with Crippen LogP contribution in [0.1, 0.15) is 27.2 Å². The van der Waals surface area contributed by atoms with Crippen molar-refractivity contribution in [2.24, 2.45) is 4.99 Å². The molecule has 162 valence electrons. The lowest BCUT2D eigenvalue weighted by molar-refractivity contribution is 0.220. The van der Waals surface area contributed by atoms with Crippen molar-refractivity contribution >= 4 is 40.0 Å². The highest BCUT2D eigenvalue weighted by Crippen LogP contribution is 2.16. The van der Waals surface area contributed by atoms with E-state index in [-0.39, 0.29) is 41.6 Å². The Labute approximate surface area is 185 Å². The molecular formula is C18H32FIN4O3S. The second kappa shape index (κ2) is 13.9. The SMILES string of the molecule is CCNC(=NCC(C)Oc1ccccc1F)NCCCN(C)S(=O)(=O)CC.I. The first-order chi connectivity index (χ1) is 12.8. The van der Waals surface area contributed by atoms with Crippen molar-refractivity contribution < 1.29 is 17.5 Å². The van der Waals surface area contributed by atoms with Gasteiger partial charge in [0.25, 0.3) is 0 Å². The van der Waals surface area contributed by atoms with Crippen LogP contribution in [0.5, 0.6) is 5.75 Å². The third kappa shape index (κ3) is 9.87. The van der Waals surface area contributed by atoms with Gasteiger partial charge in [-0.25, -0.2) is 22.1 Å². The molecule has 2 N–H and O–H groups in total. The van der Waals surface area contributed by atoms with Crippen LogP contribution in [0.3, 0.4) is 0 Å². The van der Waals surface area contributed by atoms with Crippen molar-refractivity contribution in [2.45, 2.75) is 33.3 Å². The summed E-state index contributed by atoms with van der Waals surface area (Å²) in [5.41, 5.74) is 0. The van der Waals surface area contributed by atoms with Gasteiger partial charge >= 0.3 is 0 Å². The van der Waals surface area contributed by atoms with Crippen molar-refractivity contribution in [2.75, 3.05) is 39.0 Å². The summed E-state index contributed by atoms with van der Waals surface area (Å²) in [4.78, 5) is 4.44. The van der Waals surface area contributed by atoms with Gasteiger partial charge in [0.1, 0.15) is 6.10 Å². The molecule has 0 radical (unpaired) electrons. The number of rotatable bonds is 11. The lowest BCUT2D eigenvalue weighted by Crippen LogP contribution is -2.39. The normalized spacial score (nSPS) is 13.0. The van der Waals surface area contributed by atoms with E-state index in [0.29, 0.717) is 38.6 Å². The summed E-state index contributed by atoms with van der Waals surface area (Å²) in [6.07, 6.45) is 0.361. The number of hydrogen-bond donors (Lipinski definition) is 2. The highest BCUT2D eigenvalue weighted by molar-refractivity contribution is 14.0. The molecule has 0 fully saturated rings. The molecule has 0 aromatic heterocycles.